The van der Waals surface area contributed by atoms with Crippen molar-refractivity contribution in [2.24, 2.45) is 0 Å². The predicted octanol–water partition coefficient (Wildman–Crippen LogP) is -0.732. The minimum absolute atomic E-state index is 0.268. The van der Waals surface area contributed by atoms with Gasteiger partial charge in [-0.15, -0.1) is 0 Å². The zero-order chi connectivity index (χ0) is 10.9. The summed E-state index contributed by atoms with van der Waals surface area (Å²) < 4.78 is 20.6. The van der Waals surface area contributed by atoms with E-state index >= 15 is 0 Å². The molecule has 10 heteroatoms. The van der Waals surface area contributed by atoms with Gasteiger partial charge in [-0.05, 0) is 0 Å². The highest BCUT2D eigenvalue weighted by Crippen LogP contribution is 2.50. The lowest BCUT2D eigenvalue weighted by Crippen LogP contribution is -2.01. The highest BCUT2D eigenvalue weighted by molar-refractivity contribution is 7.61. The normalized spacial score (nSPS) is 14.3. The first-order valence-corrected chi connectivity index (χ1v) is 5.91. The first kappa shape index (κ1) is 12.5. The zero-order valence-corrected chi connectivity index (χ0v) is 7.72. The quantitative estimate of drug-likeness (QED) is 0.315. The van der Waals surface area contributed by atoms with Crippen molar-refractivity contribution in [3.05, 3.63) is 11.1 Å². The van der Waals surface area contributed by atoms with Gasteiger partial charge in [0.25, 0.3) is 0 Å². The summed E-state index contributed by atoms with van der Waals surface area (Å²) >= 11 is 0. The van der Waals surface area contributed by atoms with Crippen molar-refractivity contribution in [1.82, 2.24) is 0 Å². The van der Waals surface area contributed by atoms with Crippen LogP contribution in [0.25, 0.3) is 0 Å². The van der Waals surface area contributed by atoms with Crippen molar-refractivity contribution in [2.75, 3.05) is 0 Å². The molecule has 0 aliphatic rings. The van der Waals surface area contributed by atoms with E-state index in [9.17, 15) is 13.9 Å². The minimum Gasteiger partial charge on any atom is -0.477 e. The molecular formula is C3H6O8P2. The summed E-state index contributed by atoms with van der Waals surface area (Å²) in [5, 5.41) is 6.56. The number of aliphatic carboxylic acids is 1. The molecule has 0 atom stereocenters. The van der Waals surface area contributed by atoms with E-state index in [0.717, 1.165) is 0 Å². The summed E-state index contributed by atoms with van der Waals surface area (Å²) in [7, 11) is -10.1. The first-order chi connectivity index (χ1) is 5.54. The molecule has 0 unspecified atom stereocenters. The van der Waals surface area contributed by atoms with E-state index in [1.807, 2.05) is 0 Å². The molecule has 0 rings (SSSR count). The average Bonchev–Trinajstić information content (AvgIpc) is 1.77. The molecule has 0 heterocycles. The second kappa shape index (κ2) is 3.71. The lowest BCUT2D eigenvalue weighted by Gasteiger charge is -2.04. The number of carboxylic acids is 1. The molecule has 13 heavy (non-hydrogen) atoms. The number of carboxylic acid groups (broad SMARTS) is 1. The van der Waals surface area contributed by atoms with E-state index in [2.05, 4.69) is 0 Å². The fraction of sp³-hybridized carbons (Fsp3) is 0. The van der Waals surface area contributed by atoms with Crippen LogP contribution in [-0.4, -0.2) is 30.6 Å². The molecule has 0 radical (unpaired) electrons. The molecule has 0 aliphatic heterocycles. The molecule has 0 aliphatic carbocycles. The molecule has 5 N–H and O–H groups in total. The van der Waals surface area contributed by atoms with Crippen molar-refractivity contribution >= 4 is 21.2 Å². The van der Waals surface area contributed by atoms with Crippen LogP contribution in [0.4, 0.5) is 0 Å². The van der Waals surface area contributed by atoms with Gasteiger partial charge in [-0.2, -0.15) is 0 Å². The summed E-state index contributed by atoms with van der Waals surface area (Å²) in [5.74, 6) is -2.34. The Labute approximate surface area is 71.8 Å². The Bertz CT molecular complexity index is 329. The molecule has 0 aromatic rings. The van der Waals surface area contributed by atoms with Crippen LogP contribution in [0.2, 0.25) is 0 Å². The van der Waals surface area contributed by atoms with Crippen molar-refractivity contribution in [3.63, 3.8) is 0 Å². The van der Waals surface area contributed by atoms with Crippen LogP contribution in [-0.2, 0) is 13.9 Å². The fourth-order valence-corrected chi connectivity index (χ4v) is 2.15. The summed E-state index contributed by atoms with van der Waals surface area (Å²) in [6, 6.07) is 0. The van der Waals surface area contributed by atoms with Gasteiger partial charge in [-0.25, -0.2) is 4.79 Å². The molecule has 76 valence electrons. The largest absolute Gasteiger partial charge is 0.477 e. The van der Waals surface area contributed by atoms with E-state index in [-0.39, 0.29) is 5.82 Å². The Morgan fingerprint density at radius 3 is 1.54 bits per heavy atom. The van der Waals surface area contributed by atoms with E-state index in [1.165, 1.54) is 0 Å². The van der Waals surface area contributed by atoms with Crippen LogP contribution in [0.3, 0.4) is 0 Å². The Morgan fingerprint density at radius 1 is 1.08 bits per heavy atom. The van der Waals surface area contributed by atoms with Crippen molar-refractivity contribution in [2.45, 2.75) is 0 Å². The Balaban J connectivity index is 5.32. The van der Waals surface area contributed by atoms with Crippen LogP contribution in [0.5, 0.6) is 0 Å². The van der Waals surface area contributed by atoms with Crippen LogP contribution in [0, 0.1) is 0 Å². The van der Waals surface area contributed by atoms with Gasteiger partial charge in [0.1, 0.15) is 0 Å². The Hall–Kier alpha value is -0.490. The average molecular weight is 232 g/mol. The van der Waals surface area contributed by atoms with E-state index in [1.54, 1.807) is 0 Å². The van der Waals surface area contributed by atoms with Gasteiger partial charge in [0.2, 0.25) is 0 Å². The van der Waals surface area contributed by atoms with E-state index in [0.29, 0.717) is 0 Å². The summed E-state index contributed by atoms with van der Waals surface area (Å²) in [5.41, 5.74) is 0. The van der Waals surface area contributed by atoms with Crippen molar-refractivity contribution < 1.29 is 38.6 Å². The zero-order valence-electron chi connectivity index (χ0n) is 5.93. The van der Waals surface area contributed by atoms with Gasteiger partial charge in [0.15, 0.2) is 5.31 Å². The van der Waals surface area contributed by atoms with E-state index in [4.69, 9.17) is 24.7 Å². The maximum absolute atomic E-state index is 10.4. The second-order valence-corrected chi connectivity index (χ2v) is 4.96. The number of rotatable bonds is 3. The van der Waals surface area contributed by atoms with Crippen LogP contribution < -0.4 is 0 Å². The lowest BCUT2D eigenvalue weighted by atomic mass is 10.7. The third-order valence-corrected chi connectivity index (χ3v) is 2.57. The van der Waals surface area contributed by atoms with Gasteiger partial charge in [0.05, 0.1) is 5.82 Å². The maximum atomic E-state index is 10.4. The molecule has 0 spiro atoms. The van der Waals surface area contributed by atoms with Crippen molar-refractivity contribution in [1.29, 1.82) is 0 Å². The minimum atomic E-state index is -5.16. The molecule has 0 saturated heterocycles. The maximum Gasteiger partial charge on any atom is 0.363 e. The molecule has 8 nitrogen and oxygen atoms in total. The van der Waals surface area contributed by atoms with Crippen LogP contribution in [0.1, 0.15) is 0 Å². The number of hydrogen-bond donors (Lipinski definition) is 5. The third kappa shape index (κ3) is 4.94. The SMILES string of the molecule is O=C(O)C(=CP(=O)(O)O)P(=O)(O)O. The van der Waals surface area contributed by atoms with Crippen LogP contribution >= 0.6 is 15.2 Å². The monoisotopic (exact) mass is 232 g/mol. The second-order valence-electron chi connectivity index (χ2n) is 1.95. The Kier molecular flexibility index (Phi) is 3.57. The van der Waals surface area contributed by atoms with Gasteiger partial charge in [-0.1, -0.05) is 0 Å². The summed E-state index contributed by atoms with van der Waals surface area (Å²) in [6.07, 6.45) is 0. The third-order valence-electron chi connectivity index (χ3n) is 0.823. The van der Waals surface area contributed by atoms with Gasteiger partial charge < -0.3 is 24.7 Å². The molecule has 0 bridgehead atoms. The lowest BCUT2D eigenvalue weighted by molar-refractivity contribution is -0.132. The fourth-order valence-electron chi connectivity index (χ4n) is 0.414. The highest BCUT2D eigenvalue weighted by atomic mass is 31.2. The summed E-state index contributed by atoms with van der Waals surface area (Å²) in [6.45, 7) is 0. The predicted molar refractivity (Wildman–Crippen MR) is 39.8 cm³/mol. The molecule has 0 amide bonds. The Morgan fingerprint density at radius 2 is 1.46 bits per heavy atom. The summed E-state index contributed by atoms with van der Waals surface area (Å²) in [4.78, 5) is 43.2. The smallest absolute Gasteiger partial charge is 0.363 e. The molecule has 0 fully saturated rings. The number of carbonyl (C=O) groups is 1. The molecule has 0 aromatic heterocycles. The van der Waals surface area contributed by atoms with Gasteiger partial charge in [0, 0.05) is 0 Å². The van der Waals surface area contributed by atoms with Gasteiger partial charge in [-0.3, -0.25) is 9.13 Å². The number of hydrogen-bond acceptors (Lipinski definition) is 3. The van der Waals surface area contributed by atoms with Crippen molar-refractivity contribution in [3.8, 4) is 0 Å². The first-order valence-electron chi connectivity index (χ1n) is 2.61. The van der Waals surface area contributed by atoms with Gasteiger partial charge >= 0.3 is 21.2 Å². The molecular weight excluding hydrogens is 226 g/mol. The topological polar surface area (TPSA) is 152 Å². The standard InChI is InChI=1S/C3H6O8P2/c4-3(5)2(13(9,10)11)1-12(6,7)8/h1H,(H,4,5)(H2,6,7,8)(H2,9,10,11). The van der Waals surface area contributed by atoms with E-state index < -0.39 is 26.5 Å². The highest BCUT2D eigenvalue weighted by Gasteiger charge is 2.31. The molecule has 0 aromatic carbocycles. The molecule has 0 saturated carbocycles. The van der Waals surface area contributed by atoms with Crippen LogP contribution in [0.15, 0.2) is 11.1 Å².